The largest absolute Gasteiger partial charge is 0.311 e. The first-order valence-corrected chi connectivity index (χ1v) is 8.92. The van der Waals surface area contributed by atoms with E-state index in [1.807, 2.05) is 6.07 Å². The van der Waals surface area contributed by atoms with E-state index in [1.54, 1.807) is 11.3 Å². The van der Waals surface area contributed by atoms with Crippen LogP contribution in [0.15, 0.2) is 12.1 Å². The van der Waals surface area contributed by atoms with Crippen molar-refractivity contribution in [3.8, 4) is 0 Å². The topological polar surface area (TPSA) is 15.3 Å². The lowest BCUT2D eigenvalue weighted by atomic mass is 9.92. The molecule has 2 rings (SSSR count). The third kappa shape index (κ3) is 3.97. The molecule has 1 fully saturated rings. The number of piperazine rings is 1. The monoisotopic (exact) mass is 314 g/mol. The molecule has 0 aliphatic carbocycles. The summed E-state index contributed by atoms with van der Waals surface area (Å²) in [6, 6.07) is 5.43. The van der Waals surface area contributed by atoms with Crippen LogP contribution in [0, 0.1) is 11.8 Å². The van der Waals surface area contributed by atoms with Crippen molar-refractivity contribution in [2.24, 2.45) is 11.8 Å². The van der Waals surface area contributed by atoms with Gasteiger partial charge in [-0.1, -0.05) is 45.7 Å². The Bertz CT molecular complexity index is 418. The minimum atomic E-state index is 0.603. The number of hydrogen-bond donors (Lipinski definition) is 1. The van der Waals surface area contributed by atoms with Crippen molar-refractivity contribution in [3.05, 3.63) is 21.3 Å². The van der Waals surface area contributed by atoms with Crippen molar-refractivity contribution in [2.75, 3.05) is 13.1 Å². The Morgan fingerprint density at radius 2 is 2.15 bits per heavy atom. The first kappa shape index (κ1) is 16.3. The van der Waals surface area contributed by atoms with E-state index in [0.717, 1.165) is 29.9 Å². The quantitative estimate of drug-likeness (QED) is 0.874. The van der Waals surface area contributed by atoms with E-state index in [0.29, 0.717) is 18.0 Å². The average molecular weight is 315 g/mol. The molecular formula is C16H27ClN2S. The molecule has 0 radical (unpaired) electrons. The maximum absolute atomic E-state index is 6.07. The van der Waals surface area contributed by atoms with Crippen LogP contribution < -0.4 is 5.32 Å². The van der Waals surface area contributed by atoms with E-state index in [2.05, 4.69) is 44.0 Å². The van der Waals surface area contributed by atoms with E-state index in [1.165, 1.54) is 11.3 Å². The molecule has 2 nitrogen and oxygen atoms in total. The smallest absolute Gasteiger partial charge is 0.0931 e. The summed E-state index contributed by atoms with van der Waals surface area (Å²) in [4.78, 5) is 4.05. The Labute approximate surface area is 132 Å². The van der Waals surface area contributed by atoms with Crippen molar-refractivity contribution in [1.29, 1.82) is 0 Å². The molecule has 0 aromatic carbocycles. The van der Waals surface area contributed by atoms with Gasteiger partial charge in [-0.3, -0.25) is 4.90 Å². The Hall–Kier alpha value is -0.0900. The summed E-state index contributed by atoms with van der Waals surface area (Å²) in [7, 11) is 0. The van der Waals surface area contributed by atoms with Crippen LogP contribution >= 0.6 is 22.9 Å². The van der Waals surface area contributed by atoms with Crippen molar-refractivity contribution in [3.63, 3.8) is 0 Å². The number of nitrogens with one attached hydrogen (secondary N) is 1. The molecule has 0 spiro atoms. The van der Waals surface area contributed by atoms with Gasteiger partial charge in [-0.05, 0) is 24.0 Å². The number of rotatable bonds is 5. The summed E-state index contributed by atoms with van der Waals surface area (Å²) in [5.41, 5.74) is 0. The van der Waals surface area contributed by atoms with Crippen LogP contribution in [0.3, 0.4) is 0 Å². The molecule has 1 aromatic heterocycles. The normalized spacial score (nSPS) is 26.1. The van der Waals surface area contributed by atoms with Gasteiger partial charge in [0.2, 0.25) is 0 Å². The van der Waals surface area contributed by atoms with Crippen LogP contribution in [0.4, 0.5) is 0 Å². The highest BCUT2D eigenvalue weighted by Gasteiger charge is 2.32. The summed E-state index contributed by atoms with van der Waals surface area (Å²) in [6.45, 7) is 12.6. The van der Waals surface area contributed by atoms with Crippen molar-refractivity contribution in [2.45, 2.75) is 52.7 Å². The lowest BCUT2D eigenvalue weighted by Gasteiger charge is -2.44. The van der Waals surface area contributed by atoms with Gasteiger partial charge in [-0.25, -0.2) is 0 Å². The third-order valence-corrected chi connectivity index (χ3v) is 5.80. The Kier molecular flexibility index (Phi) is 5.91. The van der Waals surface area contributed by atoms with Gasteiger partial charge in [0, 0.05) is 36.6 Å². The number of nitrogens with zero attached hydrogens (tertiary/aromatic N) is 1. The summed E-state index contributed by atoms with van der Waals surface area (Å²) < 4.78 is 0.899. The predicted molar refractivity (Wildman–Crippen MR) is 89.6 cm³/mol. The lowest BCUT2D eigenvalue weighted by Crippen LogP contribution is -2.59. The van der Waals surface area contributed by atoms with Crippen LogP contribution in [0.2, 0.25) is 4.34 Å². The number of halogens is 1. The highest BCUT2D eigenvalue weighted by atomic mass is 35.5. The van der Waals surface area contributed by atoms with Gasteiger partial charge in [0.1, 0.15) is 0 Å². The molecule has 3 atom stereocenters. The van der Waals surface area contributed by atoms with Crippen molar-refractivity contribution < 1.29 is 0 Å². The fourth-order valence-electron chi connectivity index (χ4n) is 2.95. The van der Waals surface area contributed by atoms with Gasteiger partial charge >= 0.3 is 0 Å². The summed E-state index contributed by atoms with van der Waals surface area (Å²) in [5, 5.41) is 3.74. The Morgan fingerprint density at radius 3 is 2.70 bits per heavy atom. The summed E-state index contributed by atoms with van der Waals surface area (Å²) in [6.07, 6.45) is 1.24. The van der Waals surface area contributed by atoms with Gasteiger partial charge in [0.25, 0.3) is 0 Å². The third-order valence-electron chi connectivity index (χ3n) is 4.58. The molecule has 1 aromatic rings. The molecular weight excluding hydrogens is 288 g/mol. The zero-order valence-electron chi connectivity index (χ0n) is 13.0. The highest BCUT2D eigenvalue weighted by Crippen LogP contribution is 2.27. The van der Waals surface area contributed by atoms with Crippen LogP contribution in [-0.2, 0) is 6.54 Å². The molecule has 1 saturated heterocycles. The highest BCUT2D eigenvalue weighted by molar-refractivity contribution is 7.16. The molecule has 1 aliphatic rings. The van der Waals surface area contributed by atoms with E-state index in [9.17, 15) is 0 Å². The molecule has 1 N–H and O–H groups in total. The summed E-state index contributed by atoms with van der Waals surface area (Å²) >= 11 is 7.79. The van der Waals surface area contributed by atoms with Crippen LogP contribution in [0.1, 0.15) is 39.0 Å². The van der Waals surface area contributed by atoms with Gasteiger partial charge in [0.15, 0.2) is 0 Å². The molecule has 2 heterocycles. The lowest BCUT2D eigenvalue weighted by molar-refractivity contribution is 0.0731. The molecule has 0 bridgehead atoms. The second kappa shape index (κ2) is 7.26. The fourth-order valence-corrected chi connectivity index (χ4v) is 4.07. The molecule has 3 unspecified atom stereocenters. The number of hydrogen-bond acceptors (Lipinski definition) is 3. The number of thiophene rings is 1. The molecule has 4 heteroatoms. The molecule has 114 valence electrons. The summed E-state index contributed by atoms with van der Waals surface area (Å²) in [5.74, 6) is 1.41. The second-order valence-electron chi connectivity index (χ2n) is 6.35. The van der Waals surface area contributed by atoms with Gasteiger partial charge in [-0.15, -0.1) is 11.3 Å². The predicted octanol–water partition coefficient (Wildman–Crippen LogP) is 4.25. The van der Waals surface area contributed by atoms with E-state index >= 15 is 0 Å². The maximum Gasteiger partial charge on any atom is 0.0931 e. The first-order valence-electron chi connectivity index (χ1n) is 7.72. The van der Waals surface area contributed by atoms with Gasteiger partial charge in [0.05, 0.1) is 4.34 Å². The van der Waals surface area contributed by atoms with Crippen molar-refractivity contribution >= 4 is 22.9 Å². The van der Waals surface area contributed by atoms with Crippen molar-refractivity contribution in [1.82, 2.24) is 10.2 Å². The average Bonchev–Trinajstić information content (AvgIpc) is 2.83. The van der Waals surface area contributed by atoms with Crippen LogP contribution in [0.25, 0.3) is 0 Å². The van der Waals surface area contributed by atoms with E-state index in [-0.39, 0.29) is 0 Å². The second-order valence-corrected chi connectivity index (χ2v) is 8.15. The fraction of sp³-hybridized carbons (Fsp3) is 0.750. The minimum Gasteiger partial charge on any atom is -0.311 e. The molecule has 1 aliphatic heterocycles. The molecule has 0 saturated carbocycles. The SMILES string of the molecule is CCC(C)C1CNC(C(C)C)CN1Cc1ccc(Cl)s1. The van der Waals surface area contributed by atoms with Gasteiger partial charge in [-0.2, -0.15) is 0 Å². The molecule has 0 amide bonds. The zero-order valence-corrected chi connectivity index (χ0v) is 14.6. The Balaban J connectivity index is 2.08. The van der Waals surface area contributed by atoms with E-state index in [4.69, 9.17) is 11.6 Å². The van der Waals surface area contributed by atoms with Crippen LogP contribution in [-0.4, -0.2) is 30.1 Å². The maximum atomic E-state index is 6.07. The zero-order chi connectivity index (χ0) is 14.7. The van der Waals surface area contributed by atoms with Gasteiger partial charge < -0.3 is 5.32 Å². The standard InChI is InChI=1S/C16H27ClN2S/c1-5-12(4)15-8-18-14(11(2)3)10-19(15)9-13-6-7-16(17)20-13/h6-7,11-12,14-15,18H,5,8-10H2,1-4H3. The van der Waals surface area contributed by atoms with Crippen LogP contribution in [0.5, 0.6) is 0 Å². The molecule has 20 heavy (non-hydrogen) atoms. The van der Waals surface area contributed by atoms with E-state index < -0.39 is 0 Å². The Morgan fingerprint density at radius 1 is 1.40 bits per heavy atom. The minimum absolute atomic E-state index is 0.603. The first-order chi connectivity index (χ1) is 9.51.